The summed E-state index contributed by atoms with van der Waals surface area (Å²) in [5.41, 5.74) is 4.21. The van der Waals surface area contributed by atoms with E-state index in [0.29, 0.717) is 32.3 Å². The molecule has 4 aromatic rings. The molecule has 2 heterocycles. The first-order valence-electron chi connectivity index (χ1n) is 13.7. The van der Waals surface area contributed by atoms with Crippen LogP contribution in [0.1, 0.15) is 55.0 Å². The number of halogens is 2. The Morgan fingerprint density at radius 1 is 1.12 bits per heavy atom. The number of hydrogen-bond donors (Lipinski definition) is 0. The first kappa shape index (κ1) is 31.2. The van der Waals surface area contributed by atoms with Crippen molar-refractivity contribution in [2.75, 3.05) is 13.2 Å². The molecule has 0 saturated heterocycles. The van der Waals surface area contributed by atoms with Gasteiger partial charge >= 0.3 is 5.97 Å². The lowest BCUT2D eigenvalue weighted by molar-refractivity contribution is -0.138. The number of ether oxygens (including phenoxy) is 2. The van der Waals surface area contributed by atoms with Crippen LogP contribution in [0.5, 0.6) is 5.75 Å². The number of aromatic nitrogens is 1. The number of rotatable bonds is 8. The standard InChI is InChI=1S/C34H28I2N2O4S/c1-5-16-42-31-25(35)17-21(18-26(31)36)19-27-32(39)38-30(24-14-12-22(13-15-24)20(3)4)28(33(40)41-6-2)29(37-34(38)43-27)23-10-8-7-9-11-23/h1,7-15,17-20,30H,6,16H2,2-4H3/b27-19-/t30-/m0/s1. The van der Waals surface area contributed by atoms with Crippen LogP contribution in [0.4, 0.5) is 0 Å². The maximum absolute atomic E-state index is 14.2. The van der Waals surface area contributed by atoms with Crippen LogP contribution in [0.3, 0.4) is 0 Å². The van der Waals surface area contributed by atoms with Gasteiger partial charge in [0.05, 0.1) is 35.6 Å². The van der Waals surface area contributed by atoms with Gasteiger partial charge in [-0.3, -0.25) is 9.36 Å². The van der Waals surface area contributed by atoms with Crippen molar-refractivity contribution in [2.24, 2.45) is 4.99 Å². The highest BCUT2D eigenvalue weighted by atomic mass is 127. The molecule has 1 aliphatic rings. The van der Waals surface area contributed by atoms with Gasteiger partial charge in [-0.2, -0.15) is 0 Å². The van der Waals surface area contributed by atoms with Gasteiger partial charge in [0, 0.05) is 5.56 Å². The lowest BCUT2D eigenvalue weighted by Gasteiger charge is -2.26. The van der Waals surface area contributed by atoms with E-state index in [9.17, 15) is 9.59 Å². The molecule has 1 atom stereocenters. The summed E-state index contributed by atoms with van der Waals surface area (Å²) in [5.74, 6) is 3.05. The fraction of sp³-hybridized carbons (Fsp3) is 0.206. The van der Waals surface area contributed by atoms with E-state index in [1.54, 1.807) is 11.5 Å². The molecule has 3 aromatic carbocycles. The number of esters is 1. The molecule has 0 N–H and O–H groups in total. The molecule has 218 valence electrons. The Bertz CT molecular complexity index is 1910. The fourth-order valence-corrected chi connectivity index (χ4v) is 8.01. The zero-order chi connectivity index (χ0) is 30.7. The molecular formula is C34H28I2N2O4S. The molecule has 0 aliphatic carbocycles. The van der Waals surface area contributed by atoms with Crippen LogP contribution in [0.25, 0.3) is 11.8 Å². The van der Waals surface area contributed by atoms with Crippen molar-refractivity contribution in [1.29, 1.82) is 0 Å². The van der Waals surface area contributed by atoms with E-state index in [-0.39, 0.29) is 18.8 Å². The molecule has 0 fully saturated rings. The predicted molar refractivity (Wildman–Crippen MR) is 188 cm³/mol. The van der Waals surface area contributed by atoms with Gasteiger partial charge in [0.2, 0.25) is 0 Å². The Labute approximate surface area is 281 Å². The van der Waals surface area contributed by atoms with Gasteiger partial charge in [-0.15, -0.1) is 6.42 Å². The molecule has 6 nitrogen and oxygen atoms in total. The van der Waals surface area contributed by atoms with Crippen molar-refractivity contribution in [3.63, 3.8) is 0 Å². The Hall–Kier alpha value is -3.21. The van der Waals surface area contributed by atoms with E-state index >= 15 is 0 Å². The number of hydrogen-bond acceptors (Lipinski definition) is 6. The molecule has 9 heteroatoms. The molecule has 0 bridgehead atoms. The van der Waals surface area contributed by atoms with E-state index in [1.165, 1.54) is 16.9 Å². The van der Waals surface area contributed by atoms with Crippen LogP contribution in [0.15, 0.2) is 82.1 Å². The van der Waals surface area contributed by atoms with Gasteiger partial charge in [-0.05, 0) is 92.9 Å². The number of benzene rings is 3. The number of thiazole rings is 1. The van der Waals surface area contributed by atoms with Crippen molar-refractivity contribution in [1.82, 2.24) is 4.57 Å². The minimum Gasteiger partial charge on any atom is -0.479 e. The summed E-state index contributed by atoms with van der Waals surface area (Å²) in [7, 11) is 0. The number of nitrogens with zero attached hydrogens (tertiary/aromatic N) is 2. The van der Waals surface area contributed by atoms with Gasteiger partial charge in [0.1, 0.15) is 12.4 Å². The SMILES string of the molecule is C#CCOc1c(I)cc(/C=c2\sc3n(c2=O)[C@@H](c2ccc(C(C)C)cc2)C(C(=O)OCC)=C(c2ccccc2)N=3)cc1I. The van der Waals surface area contributed by atoms with Crippen LogP contribution in [0, 0.1) is 19.5 Å². The second kappa shape index (κ2) is 13.6. The summed E-state index contributed by atoms with van der Waals surface area (Å²) in [4.78, 5) is 33.3. The second-order valence-electron chi connectivity index (χ2n) is 10.1. The molecule has 1 aromatic heterocycles. The highest BCUT2D eigenvalue weighted by molar-refractivity contribution is 14.1. The molecule has 0 amide bonds. The Morgan fingerprint density at radius 2 is 1.79 bits per heavy atom. The molecule has 0 spiro atoms. The Kier molecular flexibility index (Phi) is 9.88. The predicted octanol–water partition coefficient (Wildman–Crippen LogP) is 6.28. The Morgan fingerprint density at radius 3 is 2.40 bits per heavy atom. The van der Waals surface area contributed by atoms with Crippen molar-refractivity contribution >= 4 is 74.3 Å². The van der Waals surface area contributed by atoms with Gasteiger partial charge < -0.3 is 9.47 Å². The van der Waals surface area contributed by atoms with Crippen LogP contribution in [-0.4, -0.2) is 23.8 Å². The minimum atomic E-state index is -0.714. The zero-order valence-corrected chi connectivity index (χ0v) is 28.9. The second-order valence-corrected chi connectivity index (χ2v) is 13.4. The van der Waals surface area contributed by atoms with Crippen molar-refractivity contribution in [2.45, 2.75) is 32.7 Å². The molecule has 43 heavy (non-hydrogen) atoms. The molecule has 0 saturated carbocycles. The first-order valence-corrected chi connectivity index (χ1v) is 16.6. The lowest BCUT2D eigenvalue weighted by atomic mass is 9.91. The normalized spacial score (nSPS) is 14.7. The molecule has 0 radical (unpaired) electrons. The van der Waals surface area contributed by atoms with Gasteiger partial charge in [0.15, 0.2) is 4.80 Å². The summed E-state index contributed by atoms with van der Waals surface area (Å²) in [6.07, 6.45) is 7.23. The summed E-state index contributed by atoms with van der Waals surface area (Å²) in [6.45, 7) is 6.41. The third kappa shape index (κ3) is 6.51. The van der Waals surface area contributed by atoms with E-state index in [2.05, 4.69) is 77.1 Å². The fourth-order valence-electron chi connectivity index (χ4n) is 4.88. The maximum atomic E-state index is 14.2. The van der Waals surface area contributed by atoms with Crippen LogP contribution >= 0.6 is 56.5 Å². The molecule has 5 rings (SSSR count). The third-order valence-electron chi connectivity index (χ3n) is 6.91. The number of carbonyl (C=O) groups is 1. The largest absolute Gasteiger partial charge is 0.479 e. The minimum absolute atomic E-state index is 0.175. The topological polar surface area (TPSA) is 69.9 Å². The zero-order valence-electron chi connectivity index (χ0n) is 23.8. The van der Waals surface area contributed by atoms with E-state index in [4.69, 9.17) is 20.9 Å². The monoisotopic (exact) mass is 814 g/mol. The summed E-state index contributed by atoms with van der Waals surface area (Å²) in [5, 5.41) is 0. The summed E-state index contributed by atoms with van der Waals surface area (Å²) < 4.78 is 15.2. The summed E-state index contributed by atoms with van der Waals surface area (Å²) >= 11 is 5.72. The number of fused-ring (bicyclic) bond motifs is 1. The Balaban J connectivity index is 1.76. The number of terminal acetylenes is 1. The molecular weight excluding hydrogens is 786 g/mol. The lowest BCUT2D eigenvalue weighted by Crippen LogP contribution is -2.40. The van der Waals surface area contributed by atoms with Crippen molar-refractivity contribution in [3.05, 3.63) is 121 Å². The number of carbonyl (C=O) groups excluding carboxylic acids is 1. The van der Waals surface area contributed by atoms with Crippen molar-refractivity contribution in [3.8, 4) is 18.1 Å². The van der Waals surface area contributed by atoms with Crippen LogP contribution in [0.2, 0.25) is 0 Å². The smallest absolute Gasteiger partial charge is 0.338 e. The molecule has 1 aliphatic heterocycles. The quantitative estimate of drug-likeness (QED) is 0.119. The third-order valence-corrected chi connectivity index (χ3v) is 9.50. The van der Waals surface area contributed by atoms with Gasteiger partial charge in [-0.1, -0.05) is 85.7 Å². The van der Waals surface area contributed by atoms with Gasteiger partial charge in [0.25, 0.3) is 5.56 Å². The molecule has 0 unspecified atom stereocenters. The van der Waals surface area contributed by atoms with E-state index in [1.807, 2.05) is 60.7 Å². The van der Waals surface area contributed by atoms with Gasteiger partial charge in [-0.25, -0.2) is 9.79 Å². The van der Waals surface area contributed by atoms with Crippen LogP contribution < -0.4 is 19.6 Å². The first-order chi connectivity index (χ1) is 20.7. The average Bonchev–Trinajstić information content (AvgIpc) is 3.30. The average molecular weight is 814 g/mol. The van der Waals surface area contributed by atoms with E-state index in [0.717, 1.165) is 23.8 Å². The maximum Gasteiger partial charge on any atom is 0.338 e. The van der Waals surface area contributed by atoms with Crippen molar-refractivity contribution < 1.29 is 14.3 Å². The summed E-state index contributed by atoms with van der Waals surface area (Å²) in [6, 6.07) is 20.8. The van der Waals surface area contributed by atoms with Crippen LogP contribution in [-0.2, 0) is 9.53 Å². The highest BCUT2D eigenvalue weighted by Crippen LogP contribution is 2.36. The highest BCUT2D eigenvalue weighted by Gasteiger charge is 2.35. The van der Waals surface area contributed by atoms with E-state index < -0.39 is 12.0 Å².